The molecule has 0 aromatic heterocycles. The first-order chi connectivity index (χ1) is 9.78. The van der Waals surface area contributed by atoms with Gasteiger partial charge in [0, 0.05) is 23.7 Å². The molecule has 0 N–H and O–H groups in total. The molecular weight excluding hydrogens is 250 g/mol. The number of benzene rings is 1. The molecule has 110 valence electrons. The third-order valence-corrected chi connectivity index (χ3v) is 4.28. The molecule has 1 atom stereocenters. The van der Waals surface area contributed by atoms with Crippen LogP contribution in [0.2, 0.25) is 0 Å². The number of aldehydes is 1. The second-order valence-electron chi connectivity index (χ2n) is 5.57. The number of likely N-dealkylation sites (tertiary alicyclic amines) is 1. The summed E-state index contributed by atoms with van der Waals surface area (Å²) >= 11 is 0. The highest BCUT2D eigenvalue weighted by Crippen LogP contribution is 2.26. The van der Waals surface area contributed by atoms with E-state index in [1.165, 1.54) is 32.1 Å². The number of carbonyl (C=O) groups is 1. The van der Waals surface area contributed by atoms with E-state index in [-0.39, 0.29) is 0 Å². The van der Waals surface area contributed by atoms with Gasteiger partial charge in [0.1, 0.15) is 12.0 Å². The van der Waals surface area contributed by atoms with Crippen LogP contribution in [0.15, 0.2) is 18.2 Å². The van der Waals surface area contributed by atoms with Crippen molar-refractivity contribution >= 4 is 6.29 Å². The lowest BCUT2D eigenvalue weighted by molar-refractivity contribution is 0.112. The van der Waals surface area contributed by atoms with Gasteiger partial charge in [0.25, 0.3) is 0 Å². The van der Waals surface area contributed by atoms with E-state index in [0.29, 0.717) is 6.04 Å². The second kappa shape index (κ2) is 7.44. The predicted octanol–water partition coefficient (Wildman–Crippen LogP) is 3.66. The monoisotopic (exact) mass is 275 g/mol. The molecule has 1 fully saturated rings. The third kappa shape index (κ3) is 3.60. The van der Waals surface area contributed by atoms with Crippen LogP contribution in [-0.4, -0.2) is 30.9 Å². The van der Waals surface area contributed by atoms with Crippen molar-refractivity contribution in [2.45, 2.75) is 51.6 Å². The maximum atomic E-state index is 11.0. The molecule has 1 aliphatic rings. The molecule has 2 rings (SSSR count). The fourth-order valence-corrected chi connectivity index (χ4v) is 3.12. The number of hydrogen-bond acceptors (Lipinski definition) is 3. The Bertz CT molecular complexity index is 445. The van der Waals surface area contributed by atoms with E-state index in [2.05, 4.69) is 11.8 Å². The van der Waals surface area contributed by atoms with Gasteiger partial charge in [0.15, 0.2) is 0 Å². The van der Waals surface area contributed by atoms with Gasteiger partial charge in [-0.2, -0.15) is 0 Å². The Morgan fingerprint density at radius 2 is 2.20 bits per heavy atom. The average molecular weight is 275 g/mol. The highest BCUT2D eigenvalue weighted by molar-refractivity contribution is 5.75. The summed E-state index contributed by atoms with van der Waals surface area (Å²) in [6, 6.07) is 6.33. The molecule has 1 aromatic carbocycles. The quantitative estimate of drug-likeness (QED) is 0.768. The molecule has 0 amide bonds. The lowest BCUT2D eigenvalue weighted by Crippen LogP contribution is -2.34. The summed E-state index contributed by atoms with van der Waals surface area (Å²) in [4.78, 5) is 13.5. The maximum Gasteiger partial charge on any atom is 0.150 e. The van der Waals surface area contributed by atoms with Gasteiger partial charge in [-0.15, -0.1) is 0 Å². The molecule has 0 bridgehead atoms. The van der Waals surface area contributed by atoms with Gasteiger partial charge in [-0.3, -0.25) is 9.69 Å². The minimum Gasteiger partial charge on any atom is -0.496 e. The second-order valence-corrected chi connectivity index (χ2v) is 5.57. The van der Waals surface area contributed by atoms with Gasteiger partial charge < -0.3 is 4.74 Å². The summed E-state index contributed by atoms with van der Waals surface area (Å²) in [6.07, 6.45) is 7.32. The van der Waals surface area contributed by atoms with E-state index in [9.17, 15) is 4.79 Å². The Morgan fingerprint density at radius 3 is 2.90 bits per heavy atom. The molecule has 3 heteroatoms. The molecule has 0 aliphatic carbocycles. The molecule has 1 unspecified atom stereocenters. The minimum absolute atomic E-state index is 0.655. The number of nitrogens with zero attached hydrogens (tertiary/aromatic N) is 1. The van der Waals surface area contributed by atoms with E-state index < -0.39 is 0 Å². The number of carbonyl (C=O) groups excluding carboxylic acids is 1. The van der Waals surface area contributed by atoms with Crippen LogP contribution < -0.4 is 4.74 Å². The van der Waals surface area contributed by atoms with Gasteiger partial charge in [0.2, 0.25) is 0 Å². The average Bonchev–Trinajstić information content (AvgIpc) is 2.72. The van der Waals surface area contributed by atoms with Crippen molar-refractivity contribution in [1.82, 2.24) is 4.90 Å². The van der Waals surface area contributed by atoms with Gasteiger partial charge in [-0.25, -0.2) is 0 Å². The number of rotatable bonds is 5. The molecule has 20 heavy (non-hydrogen) atoms. The topological polar surface area (TPSA) is 29.5 Å². The van der Waals surface area contributed by atoms with Crippen LogP contribution in [0.3, 0.4) is 0 Å². The molecule has 1 aromatic rings. The van der Waals surface area contributed by atoms with Crippen LogP contribution in [0.25, 0.3) is 0 Å². The van der Waals surface area contributed by atoms with Crippen molar-refractivity contribution in [3.8, 4) is 5.75 Å². The molecule has 1 aliphatic heterocycles. The van der Waals surface area contributed by atoms with Crippen molar-refractivity contribution in [3.63, 3.8) is 0 Å². The normalized spacial score (nSPS) is 20.4. The fraction of sp³-hybridized carbons (Fsp3) is 0.588. The molecule has 0 radical (unpaired) electrons. The summed E-state index contributed by atoms with van der Waals surface area (Å²) in [5, 5.41) is 0. The minimum atomic E-state index is 0.655. The summed E-state index contributed by atoms with van der Waals surface area (Å²) < 4.78 is 5.44. The van der Waals surface area contributed by atoms with Crippen molar-refractivity contribution < 1.29 is 9.53 Å². The summed E-state index contributed by atoms with van der Waals surface area (Å²) in [5.41, 5.74) is 1.85. The van der Waals surface area contributed by atoms with Crippen LogP contribution in [0.5, 0.6) is 5.75 Å². The summed E-state index contributed by atoms with van der Waals surface area (Å²) in [5.74, 6) is 0.884. The molecular formula is C17H25NO2. The zero-order valence-corrected chi connectivity index (χ0v) is 12.6. The fourth-order valence-electron chi connectivity index (χ4n) is 3.12. The number of hydrogen-bond donors (Lipinski definition) is 0. The van der Waals surface area contributed by atoms with Crippen LogP contribution in [0.1, 0.15) is 54.9 Å². The number of methoxy groups -OCH3 is 1. The lowest BCUT2D eigenvalue weighted by Gasteiger charge is -2.29. The van der Waals surface area contributed by atoms with Crippen LogP contribution in [0.4, 0.5) is 0 Å². The van der Waals surface area contributed by atoms with Crippen molar-refractivity contribution in [3.05, 3.63) is 29.3 Å². The van der Waals surface area contributed by atoms with E-state index in [4.69, 9.17) is 4.74 Å². The zero-order valence-electron chi connectivity index (χ0n) is 12.6. The van der Waals surface area contributed by atoms with Crippen LogP contribution in [-0.2, 0) is 6.54 Å². The van der Waals surface area contributed by atoms with Gasteiger partial charge >= 0.3 is 0 Å². The molecule has 1 saturated heterocycles. The molecule has 0 saturated carbocycles. The predicted molar refractivity (Wildman–Crippen MR) is 81.3 cm³/mol. The van der Waals surface area contributed by atoms with Gasteiger partial charge in [-0.05, 0) is 44.0 Å². The van der Waals surface area contributed by atoms with E-state index >= 15 is 0 Å². The highest BCUT2D eigenvalue weighted by Gasteiger charge is 2.20. The van der Waals surface area contributed by atoms with Gasteiger partial charge in [-0.1, -0.05) is 19.8 Å². The first kappa shape index (κ1) is 15.0. The molecule has 1 heterocycles. The Hall–Kier alpha value is -1.35. The molecule has 0 spiro atoms. The smallest absolute Gasteiger partial charge is 0.150 e. The summed E-state index contributed by atoms with van der Waals surface area (Å²) in [6.45, 7) is 4.29. The molecule has 3 nitrogen and oxygen atoms in total. The summed E-state index contributed by atoms with van der Waals surface area (Å²) in [7, 11) is 1.69. The maximum absolute atomic E-state index is 11.0. The standard InChI is InChI=1S/C17H25NO2/c1-3-16-7-5-4-6-10-18(16)12-15-11-14(13-19)8-9-17(15)20-2/h8-9,11,13,16H,3-7,10,12H2,1-2H3. The first-order valence-corrected chi connectivity index (χ1v) is 7.64. The first-order valence-electron chi connectivity index (χ1n) is 7.64. The van der Waals surface area contributed by atoms with Crippen LogP contribution >= 0.6 is 0 Å². The van der Waals surface area contributed by atoms with Crippen molar-refractivity contribution in [1.29, 1.82) is 0 Å². The Balaban J connectivity index is 2.19. The van der Waals surface area contributed by atoms with E-state index in [1.54, 1.807) is 7.11 Å². The third-order valence-electron chi connectivity index (χ3n) is 4.28. The zero-order chi connectivity index (χ0) is 14.4. The van der Waals surface area contributed by atoms with Gasteiger partial charge in [0.05, 0.1) is 7.11 Å². The Morgan fingerprint density at radius 1 is 1.35 bits per heavy atom. The SMILES string of the molecule is CCC1CCCCCN1Cc1cc(C=O)ccc1OC. The van der Waals surface area contributed by atoms with Crippen molar-refractivity contribution in [2.75, 3.05) is 13.7 Å². The Kier molecular flexibility index (Phi) is 5.60. The largest absolute Gasteiger partial charge is 0.496 e. The van der Waals surface area contributed by atoms with E-state index in [0.717, 1.165) is 36.3 Å². The highest BCUT2D eigenvalue weighted by atomic mass is 16.5. The van der Waals surface area contributed by atoms with Crippen molar-refractivity contribution in [2.24, 2.45) is 0 Å². The Labute approximate surface area is 121 Å². The van der Waals surface area contributed by atoms with Crippen LogP contribution in [0, 0.1) is 0 Å². The number of ether oxygens (including phenoxy) is 1. The van der Waals surface area contributed by atoms with E-state index in [1.807, 2.05) is 18.2 Å². The lowest BCUT2D eigenvalue weighted by atomic mass is 10.1.